The lowest BCUT2D eigenvalue weighted by Crippen LogP contribution is -2.38. The van der Waals surface area contributed by atoms with Crippen molar-refractivity contribution in [3.05, 3.63) is 35.9 Å². The highest BCUT2D eigenvalue weighted by Crippen LogP contribution is 2.49. The Bertz CT molecular complexity index is 442. The molecule has 2 amide bonds. The van der Waals surface area contributed by atoms with Crippen molar-refractivity contribution in [3.8, 4) is 0 Å². The number of benzene rings is 1. The Balaban J connectivity index is 1.82. The van der Waals surface area contributed by atoms with Gasteiger partial charge in [0.25, 0.3) is 0 Å². The van der Waals surface area contributed by atoms with Gasteiger partial charge in [-0.3, -0.25) is 4.90 Å². The van der Waals surface area contributed by atoms with Gasteiger partial charge in [0.1, 0.15) is 0 Å². The summed E-state index contributed by atoms with van der Waals surface area (Å²) in [5.41, 5.74) is 0.747. The summed E-state index contributed by atoms with van der Waals surface area (Å²) in [6.45, 7) is 0.479. The van der Waals surface area contributed by atoms with Gasteiger partial charge >= 0.3 is 6.03 Å². The summed E-state index contributed by atoms with van der Waals surface area (Å²) in [5, 5.41) is 10.2. The van der Waals surface area contributed by atoms with Crippen LogP contribution in [0.15, 0.2) is 30.3 Å². The minimum absolute atomic E-state index is 0.0705. The minimum Gasteiger partial charge on any atom is -0.371 e. The third-order valence-electron chi connectivity index (χ3n) is 3.93. The smallest absolute Gasteiger partial charge is 0.322 e. The third-order valence-corrected chi connectivity index (χ3v) is 3.93. The van der Waals surface area contributed by atoms with Crippen LogP contribution in [0.1, 0.15) is 18.4 Å². The maximum Gasteiger partial charge on any atom is 0.322 e. The van der Waals surface area contributed by atoms with Crippen molar-refractivity contribution in [3.63, 3.8) is 0 Å². The zero-order chi connectivity index (χ0) is 12.0. The fraction of sp³-hybridized carbons (Fsp3) is 0.462. The van der Waals surface area contributed by atoms with Crippen molar-refractivity contribution >= 4 is 6.03 Å². The van der Waals surface area contributed by atoms with Crippen LogP contribution in [-0.2, 0) is 6.54 Å². The summed E-state index contributed by atoms with van der Waals surface area (Å²) < 4.78 is 0. The molecule has 1 aromatic rings. The Kier molecular flexibility index (Phi) is 2.16. The minimum atomic E-state index is -0.666. The highest BCUT2D eigenvalue weighted by molar-refractivity contribution is 5.79. The van der Waals surface area contributed by atoms with Gasteiger partial charge in [0.05, 0.1) is 12.1 Å². The van der Waals surface area contributed by atoms with Gasteiger partial charge in [0.15, 0.2) is 6.23 Å². The van der Waals surface area contributed by atoms with Gasteiger partial charge in [-0.2, -0.15) is 0 Å². The number of amides is 2. The van der Waals surface area contributed by atoms with Gasteiger partial charge < -0.3 is 10.0 Å². The average molecular weight is 232 g/mol. The van der Waals surface area contributed by atoms with Crippen LogP contribution in [0, 0.1) is 0 Å². The molecule has 1 aliphatic heterocycles. The SMILES string of the molecule is CN1C(=O)N(Cc2ccccc2)C(O)C12CC2. The number of aliphatic hydroxyl groups is 1. The molecule has 2 aliphatic rings. The van der Waals surface area contributed by atoms with Crippen molar-refractivity contribution in [2.24, 2.45) is 0 Å². The lowest BCUT2D eigenvalue weighted by atomic mass is 10.2. The molecular formula is C13H16N2O2. The van der Waals surface area contributed by atoms with Crippen molar-refractivity contribution in [1.82, 2.24) is 9.80 Å². The Morgan fingerprint density at radius 3 is 2.53 bits per heavy atom. The third kappa shape index (κ3) is 1.44. The molecule has 1 aromatic carbocycles. The summed E-state index contributed by atoms with van der Waals surface area (Å²) in [5.74, 6) is 0. The molecule has 1 spiro atoms. The van der Waals surface area contributed by atoms with E-state index in [9.17, 15) is 9.90 Å². The Hall–Kier alpha value is -1.55. The lowest BCUT2D eigenvalue weighted by Gasteiger charge is -2.21. The maximum absolute atomic E-state index is 12.1. The van der Waals surface area contributed by atoms with E-state index in [-0.39, 0.29) is 11.6 Å². The second kappa shape index (κ2) is 3.47. The van der Waals surface area contributed by atoms with Gasteiger partial charge in [0.2, 0.25) is 0 Å². The molecule has 1 N–H and O–H groups in total. The summed E-state index contributed by atoms with van der Waals surface area (Å²) in [7, 11) is 1.78. The lowest BCUT2D eigenvalue weighted by molar-refractivity contribution is 0.0209. The van der Waals surface area contributed by atoms with Crippen LogP contribution < -0.4 is 0 Å². The quantitative estimate of drug-likeness (QED) is 0.837. The van der Waals surface area contributed by atoms with Crippen LogP contribution in [-0.4, -0.2) is 39.8 Å². The molecule has 17 heavy (non-hydrogen) atoms. The summed E-state index contributed by atoms with van der Waals surface area (Å²) >= 11 is 0. The molecule has 1 atom stereocenters. The number of carbonyl (C=O) groups excluding carboxylic acids is 1. The predicted octanol–water partition coefficient (Wildman–Crippen LogP) is 1.41. The Morgan fingerprint density at radius 2 is 2.00 bits per heavy atom. The monoisotopic (exact) mass is 232 g/mol. The zero-order valence-electron chi connectivity index (χ0n) is 9.84. The van der Waals surface area contributed by atoms with E-state index in [0.717, 1.165) is 18.4 Å². The van der Waals surface area contributed by atoms with E-state index in [0.29, 0.717) is 6.54 Å². The first kappa shape index (κ1) is 10.6. The molecule has 4 nitrogen and oxygen atoms in total. The van der Waals surface area contributed by atoms with Crippen molar-refractivity contribution < 1.29 is 9.90 Å². The van der Waals surface area contributed by atoms with Crippen molar-refractivity contribution in [2.45, 2.75) is 31.2 Å². The second-order valence-electron chi connectivity index (χ2n) is 4.93. The first-order valence-corrected chi connectivity index (χ1v) is 5.91. The second-order valence-corrected chi connectivity index (χ2v) is 4.93. The molecule has 0 radical (unpaired) electrons. The van der Waals surface area contributed by atoms with Crippen LogP contribution in [0.2, 0.25) is 0 Å². The number of hydrogen-bond acceptors (Lipinski definition) is 2. The van der Waals surface area contributed by atoms with Crippen LogP contribution in [0.3, 0.4) is 0 Å². The highest BCUT2D eigenvalue weighted by Gasteiger charge is 2.62. The topological polar surface area (TPSA) is 43.8 Å². The molecule has 90 valence electrons. The maximum atomic E-state index is 12.1. The fourth-order valence-corrected chi connectivity index (χ4v) is 2.61. The molecular weight excluding hydrogens is 216 g/mol. The van der Waals surface area contributed by atoms with E-state index in [1.165, 1.54) is 0 Å². The number of hydrogen-bond donors (Lipinski definition) is 1. The molecule has 0 aromatic heterocycles. The van der Waals surface area contributed by atoms with E-state index >= 15 is 0 Å². The van der Waals surface area contributed by atoms with E-state index in [4.69, 9.17) is 0 Å². The van der Waals surface area contributed by atoms with E-state index < -0.39 is 6.23 Å². The van der Waals surface area contributed by atoms with Gasteiger partial charge in [-0.15, -0.1) is 0 Å². The van der Waals surface area contributed by atoms with E-state index in [2.05, 4.69) is 0 Å². The largest absolute Gasteiger partial charge is 0.371 e. The molecule has 1 heterocycles. The van der Waals surface area contributed by atoms with Gasteiger partial charge in [-0.1, -0.05) is 30.3 Å². The summed E-state index contributed by atoms with van der Waals surface area (Å²) in [6, 6.07) is 9.70. The number of carbonyl (C=O) groups is 1. The average Bonchev–Trinajstić information content (AvgIpc) is 3.13. The molecule has 1 aliphatic carbocycles. The molecule has 2 fully saturated rings. The fourth-order valence-electron chi connectivity index (χ4n) is 2.61. The van der Waals surface area contributed by atoms with Gasteiger partial charge in [0, 0.05) is 7.05 Å². The van der Waals surface area contributed by atoms with Gasteiger partial charge in [-0.25, -0.2) is 4.79 Å². The molecule has 1 saturated carbocycles. The first-order chi connectivity index (χ1) is 8.15. The first-order valence-electron chi connectivity index (χ1n) is 5.91. The van der Waals surface area contributed by atoms with Gasteiger partial charge in [-0.05, 0) is 18.4 Å². The standard InChI is InChI=1S/C13H16N2O2/c1-14-12(17)15(11(16)13(14)7-8-13)9-10-5-3-2-4-6-10/h2-6,11,16H,7-9H2,1H3. The van der Waals surface area contributed by atoms with Crippen LogP contribution >= 0.6 is 0 Å². The van der Waals surface area contributed by atoms with Crippen LogP contribution in [0.4, 0.5) is 4.79 Å². The van der Waals surface area contributed by atoms with Crippen LogP contribution in [0.5, 0.6) is 0 Å². The molecule has 4 heteroatoms. The normalized spacial score (nSPS) is 25.8. The van der Waals surface area contributed by atoms with E-state index in [1.54, 1.807) is 16.8 Å². The molecule has 1 unspecified atom stereocenters. The zero-order valence-corrected chi connectivity index (χ0v) is 9.84. The predicted molar refractivity (Wildman–Crippen MR) is 63.1 cm³/mol. The molecule has 1 saturated heterocycles. The Labute approximate surface area is 100 Å². The molecule has 3 rings (SSSR count). The number of likely N-dealkylation sites (N-methyl/N-ethyl adjacent to an activating group) is 1. The van der Waals surface area contributed by atoms with E-state index in [1.807, 2.05) is 30.3 Å². The van der Waals surface area contributed by atoms with Crippen LogP contribution in [0.25, 0.3) is 0 Å². The van der Waals surface area contributed by atoms with Crippen molar-refractivity contribution in [2.75, 3.05) is 7.05 Å². The Morgan fingerprint density at radius 1 is 1.35 bits per heavy atom. The van der Waals surface area contributed by atoms with Crippen molar-refractivity contribution in [1.29, 1.82) is 0 Å². The summed E-state index contributed by atoms with van der Waals surface area (Å²) in [4.78, 5) is 15.3. The number of rotatable bonds is 2. The summed E-state index contributed by atoms with van der Waals surface area (Å²) in [6.07, 6.45) is 1.14. The highest BCUT2D eigenvalue weighted by atomic mass is 16.3. The number of nitrogens with zero attached hydrogens (tertiary/aromatic N) is 2. The molecule has 0 bridgehead atoms. The number of urea groups is 1. The number of aliphatic hydroxyl groups excluding tert-OH is 1.